The molecule has 1 aliphatic rings. The van der Waals surface area contributed by atoms with Gasteiger partial charge in [0.2, 0.25) is 0 Å². The highest BCUT2D eigenvalue weighted by atomic mass is 15.3. The van der Waals surface area contributed by atoms with Gasteiger partial charge in [-0.2, -0.15) is 5.10 Å². The number of aromatic nitrogens is 3. The fourth-order valence-corrected chi connectivity index (χ4v) is 2.63. The van der Waals surface area contributed by atoms with E-state index in [0.29, 0.717) is 6.04 Å². The van der Waals surface area contributed by atoms with Crippen LogP contribution in [0.15, 0.2) is 36.8 Å². The SMILES string of the molecule is CN1CCCC(Nc2ccc(-n3cccn3)nc2)CC1. The summed E-state index contributed by atoms with van der Waals surface area (Å²) in [6.07, 6.45) is 9.23. The number of nitrogens with zero attached hydrogens (tertiary/aromatic N) is 4. The average molecular weight is 271 g/mol. The molecule has 1 fully saturated rings. The van der Waals surface area contributed by atoms with Gasteiger partial charge in [-0.05, 0) is 57.6 Å². The summed E-state index contributed by atoms with van der Waals surface area (Å²) in [5.41, 5.74) is 1.09. The van der Waals surface area contributed by atoms with Gasteiger partial charge in [0, 0.05) is 18.4 Å². The zero-order chi connectivity index (χ0) is 13.8. The molecule has 0 spiro atoms. The van der Waals surface area contributed by atoms with Crippen LogP contribution in [-0.4, -0.2) is 45.8 Å². The Morgan fingerprint density at radius 2 is 2.20 bits per heavy atom. The summed E-state index contributed by atoms with van der Waals surface area (Å²) in [6.45, 7) is 2.37. The molecule has 5 heteroatoms. The third-order valence-electron chi connectivity index (χ3n) is 3.81. The molecule has 5 nitrogen and oxygen atoms in total. The number of anilines is 1. The van der Waals surface area contributed by atoms with E-state index in [-0.39, 0.29) is 0 Å². The molecule has 0 radical (unpaired) electrons. The Bertz CT molecular complexity index is 520. The van der Waals surface area contributed by atoms with Crippen molar-refractivity contribution in [1.82, 2.24) is 19.7 Å². The maximum Gasteiger partial charge on any atom is 0.153 e. The second-order valence-corrected chi connectivity index (χ2v) is 5.43. The lowest BCUT2D eigenvalue weighted by Gasteiger charge is -2.18. The number of hydrogen-bond donors (Lipinski definition) is 1. The Hall–Kier alpha value is -1.88. The molecule has 0 bridgehead atoms. The number of likely N-dealkylation sites (tertiary alicyclic amines) is 1. The van der Waals surface area contributed by atoms with Crippen LogP contribution in [0.25, 0.3) is 5.82 Å². The van der Waals surface area contributed by atoms with Gasteiger partial charge in [0.05, 0.1) is 11.9 Å². The van der Waals surface area contributed by atoms with Crippen molar-refractivity contribution >= 4 is 5.69 Å². The molecule has 1 saturated heterocycles. The summed E-state index contributed by atoms with van der Waals surface area (Å²) in [7, 11) is 2.20. The van der Waals surface area contributed by atoms with Gasteiger partial charge in [-0.3, -0.25) is 0 Å². The van der Waals surface area contributed by atoms with E-state index in [1.807, 2.05) is 24.5 Å². The van der Waals surface area contributed by atoms with Crippen molar-refractivity contribution in [2.75, 3.05) is 25.5 Å². The monoisotopic (exact) mass is 271 g/mol. The van der Waals surface area contributed by atoms with E-state index in [2.05, 4.69) is 33.4 Å². The van der Waals surface area contributed by atoms with Crippen LogP contribution in [0.5, 0.6) is 0 Å². The Balaban J connectivity index is 1.63. The van der Waals surface area contributed by atoms with Crippen LogP contribution in [0.2, 0.25) is 0 Å². The van der Waals surface area contributed by atoms with Crippen LogP contribution in [0.1, 0.15) is 19.3 Å². The van der Waals surface area contributed by atoms with Crippen molar-refractivity contribution in [3.05, 3.63) is 36.8 Å². The predicted octanol–water partition coefficient (Wildman–Crippen LogP) is 2.16. The van der Waals surface area contributed by atoms with E-state index in [1.165, 1.54) is 25.8 Å². The molecule has 0 aliphatic carbocycles. The van der Waals surface area contributed by atoms with Gasteiger partial charge in [0.25, 0.3) is 0 Å². The van der Waals surface area contributed by atoms with Crippen molar-refractivity contribution in [3.8, 4) is 5.82 Å². The van der Waals surface area contributed by atoms with E-state index < -0.39 is 0 Å². The van der Waals surface area contributed by atoms with Crippen molar-refractivity contribution in [2.45, 2.75) is 25.3 Å². The van der Waals surface area contributed by atoms with Crippen molar-refractivity contribution in [3.63, 3.8) is 0 Å². The summed E-state index contributed by atoms with van der Waals surface area (Å²) < 4.78 is 1.77. The van der Waals surface area contributed by atoms with Gasteiger partial charge in [0.15, 0.2) is 5.82 Å². The smallest absolute Gasteiger partial charge is 0.153 e. The van der Waals surface area contributed by atoms with E-state index in [0.717, 1.165) is 18.1 Å². The normalized spacial score (nSPS) is 20.6. The highest BCUT2D eigenvalue weighted by Crippen LogP contribution is 2.16. The van der Waals surface area contributed by atoms with Crippen LogP contribution < -0.4 is 5.32 Å². The highest BCUT2D eigenvalue weighted by Gasteiger charge is 2.14. The number of nitrogens with one attached hydrogen (secondary N) is 1. The molecule has 0 saturated carbocycles. The Morgan fingerprint density at radius 3 is 2.95 bits per heavy atom. The lowest BCUT2D eigenvalue weighted by Crippen LogP contribution is -2.23. The lowest BCUT2D eigenvalue weighted by molar-refractivity contribution is 0.348. The number of rotatable bonds is 3. The zero-order valence-electron chi connectivity index (χ0n) is 11.9. The average Bonchev–Trinajstić information content (AvgIpc) is 2.92. The predicted molar refractivity (Wildman–Crippen MR) is 80.1 cm³/mol. The first kappa shape index (κ1) is 13.1. The van der Waals surface area contributed by atoms with Crippen LogP contribution in [-0.2, 0) is 0 Å². The summed E-state index contributed by atoms with van der Waals surface area (Å²) in [5, 5.41) is 7.78. The summed E-state index contributed by atoms with van der Waals surface area (Å²) in [6, 6.07) is 6.53. The zero-order valence-corrected chi connectivity index (χ0v) is 11.9. The molecule has 3 rings (SSSR count). The van der Waals surface area contributed by atoms with Crippen molar-refractivity contribution in [1.29, 1.82) is 0 Å². The fourth-order valence-electron chi connectivity index (χ4n) is 2.63. The summed E-state index contributed by atoms with van der Waals surface area (Å²) in [5.74, 6) is 0.848. The van der Waals surface area contributed by atoms with Gasteiger partial charge in [-0.1, -0.05) is 0 Å². The van der Waals surface area contributed by atoms with E-state index in [4.69, 9.17) is 0 Å². The van der Waals surface area contributed by atoms with Crippen LogP contribution in [0.3, 0.4) is 0 Å². The highest BCUT2D eigenvalue weighted by molar-refractivity contribution is 5.44. The molecule has 1 N–H and O–H groups in total. The van der Waals surface area contributed by atoms with Crippen LogP contribution >= 0.6 is 0 Å². The Kier molecular flexibility index (Phi) is 3.97. The summed E-state index contributed by atoms with van der Waals surface area (Å²) in [4.78, 5) is 6.86. The van der Waals surface area contributed by atoms with Crippen molar-refractivity contribution < 1.29 is 0 Å². The second-order valence-electron chi connectivity index (χ2n) is 5.43. The second kappa shape index (κ2) is 6.05. The lowest BCUT2D eigenvalue weighted by atomic mass is 10.1. The van der Waals surface area contributed by atoms with Crippen molar-refractivity contribution in [2.24, 2.45) is 0 Å². The van der Waals surface area contributed by atoms with Gasteiger partial charge >= 0.3 is 0 Å². The fraction of sp³-hybridized carbons (Fsp3) is 0.467. The molecule has 1 unspecified atom stereocenters. The number of hydrogen-bond acceptors (Lipinski definition) is 4. The Morgan fingerprint density at radius 1 is 1.25 bits per heavy atom. The molecule has 0 amide bonds. The van der Waals surface area contributed by atoms with Gasteiger partial charge < -0.3 is 10.2 Å². The molecular weight excluding hydrogens is 250 g/mol. The standard InChI is InChI=1S/C15H21N5/c1-19-9-2-4-13(7-11-19)18-14-5-6-15(16-12-14)20-10-3-8-17-20/h3,5-6,8,10,12-13,18H,2,4,7,9,11H2,1H3. The first-order valence-corrected chi connectivity index (χ1v) is 7.22. The van der Waals surface area contributed by atoms with E-state index in [9.17, 15) is 0 Å². The summed E-state index contributed by atoms with van der Waals surface area (Å²) >= 11 is 0. The molecule has 3 heterocycles. The van der Waals surface area contributed by atoms with Gasteiger partial charge in [0.1, 0.15) is 0 Å². The maximum atomic E-state index is 4.45. The first-order chi connectivity index (χ1) is 9.81. The molecule has 2 aromatic rings. The molecule has 2 aromatic heterocycles. The topological polar surface area (TPSA) is 46.0 Å². The third-order valence-corrected chi connectivity index (χ3v) is 3.81. The molecular formula is C15H21N5. The molecule has 1 atom stereocenters. The molecule has 0 aromatic carbocycles. The minimum atomic E-state index is 0.553. The van der Waals surface area contributed by atoms with Gasteiger partial charge in [-0.25, -0.2) is 9.67 Å². The van der Waals surface area contributed by atoms with Crippen LogP contribution in [0.4, 0.5) is 5.69 Å². The quantitative estimate of drug-likeness (QED) is 0.929. The minimum Gasteiger partial charge on any atom is -0.381 e. The third kappa shape index (κ3) is 3.17. The first-order valence-electron chi connectivity index (χ1n) is 7.22. The van der Waals surface area contributed by atoms with Gasteiger partial charge in [-0.15, -0.1) is 0 Å². The number of pyridine rings is 1. The molecule has 106 valence electrons. The Labute approximate surface area is 119 Å². The van der Waals surface area contributed by atoms with E-state index >= 15 is 0 Å². The largest absolute Gasteiger partial charge is 0.381 e. The molecule has 20 heavy (non-hydrogen) atoms. The van der Waals surface area contributed by atoms with E-state index in [1.54, 1.807) is 10.9 Å². The minimum absolute atomic E-state index is 0.553. The molecule has 1 aliphatic heterocycles. The maximum absolute atomic E-state index is 4.45. The van der Waals surface area contributed by atoms with Crippen LogP contribution in [0, 0.1) is 0 Å².